The summed E-state index contributed by atoms with van der Waals surface area (Å²) in [6.07, 6.45) is 4.90. The van der Waals surface area contributed by atoms with E-state index in [-0.39, 0.29) is 11.9 Å². The van der Waals surface area contributed by atoms with E-state index >= 15 is 0 Å². The van der Waals surface area contributed by atoms with E-state index in [1.165, 1.54) is 25.7 Å². The van der Waals surface area contributed by atoms with Crippen molar-refractivity contribution in [3.05, 3.63) is 0 Å². The first kappa shape index (κ1) is 13.5. The standard InChI is InChI=1S/C13H26N2O/c1-10(12(16)15(4)5)14-11-6-8-13(2,3)9-7-11/h10-11,14H,6-9H2,1-5H3/t10-/m1/s1. The molecule has 1 aliphatic carbocycles. The fraction of sp³-hybridized carbons (Fsp3) is 0.923. The molecule has 0 aliphatic heterocycles. The molecule has 1 fully saturated rings. The second kappa shape index (κ2) is 5.17. The van der Waals surface area contributed by atoms with Crippen LogP contribution in [-0.4, -0.2) is 37.0 Å². The van der Waals surface area contributed by atoms with Crippen molar-refractivity contribution < 1.29 is 4.79 Å². The van der Waals surface area contributed by atoms with Gasteiger partial charge in [-0.25, -0.2) is 0 Å². The third kappa shape index (κ3) is 3.78. The van der Waals surface area contributed by atoms with Gasteiger partial charge in [-0.05, 0) is 38.0 Å². The lowest BCUT2D eigenvalue weighted by Gasteiger charge is -2.36. The molecule has 0 heterocycles. The summed E-state index contributed by atoms with van der Waals surface area (Å²) < 4.78 is 0. The van der Waals surface area contributed by atoms with Gasteiger partial charge in [0.25, 0.3) is 0 Å². The Balaban J connectivity index is 2.36. The van der Waals surface area contributed by atoms with Crippen molar-refractivity contribution in [2.75, 3.05) is 14.1 Å². The van der Waals surface area contributed by atoms with Crippen LogP contribution in [0.1, 0.15) is 46.5 Å². The van der Waals surface area contributed by atoms with Crippen LogP contribution in [0.2, 0.25) is 0 Å². The molecule has 1 amide bonds. The highest BCUT2D eigenvalue weighted by molar-refractivity contribution is 5.80. The average Bonchev–Trinajstić information content (AvgIpc) is 2.19. The quantitative estimate of drug-likeness (QED) is 0.798. The van der Waals surface area contributed by atoms with Crippen LogP contribution in [0.4, 0.5) is 0 Å². The zero-order chi connectivity index (χ0) is 12.3. The smallest absolute Gasteiger partial charge is 0.238 e. The topological polar surface area (TPSA) is 32.3 Å². The number of amides is 1. The van der Waals surface area contributed by atoms with Gasteiger partial charge >= 0.3 is 0 Å². The summed E-state index contributed by atoms with van der Waals surface area (Å²) in [6, 6.07) is 0.466. The Bertz CT molecular complexity index is 238. The van der Waals surface area contributed by atoms with Crippen molar-refractivity contribution in [1.29, 1.82) is 0 Å². The zero-order valence-corrected chi connectivity index (χ0v) is 11.3. The monoisotopic (exact) mass is 226 g/mol. The van der Waals surface area contributed by atoms with Crippen LogP contribution in [0.3, 0.4) is 0 Å². The molecule has 1 atom stereocenters. The maximum atomic E-state index is 11.7. The van der Waals surface area contributed by atoms with Gasteiger partial charge in [-0.15, -0.1) is 0 Å². The normalized spacial score (nSPS) is 22.8. The number of hydrogen-bond donors (Lipinski definition) is 1. The molecule has 3 nitrogen and oxygen atoms in total. The predicted molar refractivity (Wildman–Crippen MR) is 67.3 cm³/mol. The van der Waals surface area contributed by atoms with Crippen LogP contribution >= 0.6 is 0 Å². The Morgan fingerprint density at radius 1 is 1.31 bits per heavy atom. The largest absolute Gasteiger partial charge is 0.347 e. The van der Waals surface area contributed by atoms with Crippen LogP contribution in [-0.2, 0) is 4.79 Å². The fourth-order valence-electron chi connectivity index (χ4n) is 2.38. The molecule has 0 saturated heterocycles. The predicted octanol–water partition coefficient (Wildman–Crippen LogP) is 2.02. The molecule has 1 saturated carbocycles. The molecular formula is C13H26N2O. The molecule has 1 N–H and O–H groups in total. The number of carbonyl (C=O) groups is 1. The van der Waals surface area contributed by atoms with E-state index in [4.69, 9.17) is 0 Å². The van der Waals surface area contributed by atoms with Crippen LogP contribution < -0.4 is 5.32 Å². The number of nitrogens with one attached hydrogen (secondary N) is 1. The van der Waals surface area contributed by atoms with Crippen LogP contribution in [0.15, 0.2) is 0 Å². The Morgan fingerprint density at radius 3 is 2.25 bits per heavy atom. The summed E-state index contributed by atoms with van der Waals surface area (Å²) in [5, 5.41) is 3.45. The minimum Gasteiger partial charge on any atom is -0.347 e. The average molecular weight is 226 g/mol. The van der Waals surface area contributed by atoms with Crippen molar-refractivity contribution in [2.45, 2.75) is 58.5 Å². The van der Waals surface area contributed by atoms with Crippen molar-refractivity contribution in [2.24, 2.45) is 5.41 Å². The van der Waals surface area contributed by atoms with Crippen molar-refractivity contribution in [3.63, 3.8) is 0 Å². The fourth-order valence-corrected chi connectivity index (χ4v) is 2.38. The molecule has 0 aromatic carbocycles. The van der Waals surface area contributed by atoms with Gasteiger partial charge in [0, 0.05) is 20.1 Å². The van der Waals surface area contributed by atoms with E-state index in [9.17, 15) is 4.79 Å². The number of carbonyl (C=O) groups excluding carboxylic acids is 1. The molecule has 16 heavy (non-hydrogen) atoms. The van der Waals surface area contributed by atoms with Gasteiger partial charge in [0.2, 0.25) is 5.91 Å². The molecule has 3 heteroatoms. The number of nitrogens with zero attached hydrogens (tertiary/aromatic N) is 1. The highest BCUT2D eigenvalue weighted by Crippen LogP contribution is 2.35. The van der Waals surface area contributed by atoms with E-state index in [1.54, 1.807) is 4.90 Å². The first-order valence-electron chi connectivity index (χ1n) is 6.29. The highest BCUT2D eigenvalue weighted by Gasteiger charge is 2.28. The Kier molecular flexibility index (Phi) is 4.36. The van der Waals surface area contributed by atoms with Gasteiger partial charge in [0.1, 0.15) is 0 Å². The summed E-state index contributed by atoms with van der Waals surface area (Å²) in [4.78, 5) is 13.4. The molecule has 0 unspecified atom stereocenters. The van der Waals surface area contributed by atoms with Crippen LogP contribution in [0.25, 0.3) is 0 Å². The lowest BCUT2D eigenvalue weighted by molar-refractivity contribution is -0.130. The van der Waals surface area contributed by atoms with Gasteiger partial charge in [0.15, 0.2) is 0 Å². The number of likely N-dealkylation sites (N-methyl/N-ethyl adjacent to an activating group) is 1. The molecule has 1 rings (SSSR count). The molecule has 0 aromatic rings. The Hall–Kier alpha value is -0.570. The molecule has 0 bridgehead atoms. The minimum absolute atomic E-state index is 0.0544. The van der Waals surface area contributed by atoms with Crippen molar-refractivity contribution in [1.82, 2.24) is 10.2 Å². The molecule has 0 aromatic heterocycles. The van der Waals surface area contributed by atoms with Crippen molar-refractivity contribution >= 4 is 5.91 Å². The molecule has 0 spiro atoms. The Labute approximate surface area is 99.6 Å². The third-order valence-electron chi connectivity index (χ3n) is 3.64. The van der Waals surface area contributed by atoms with Crippen LogP contribution in [0.5, 0.6) is 0 Å². The van der Waals surface area contributed by atoms with E-state index in [1.807, 2.05) is 21.0 Å². The van der Waals surface area contributed by atoms with Gasteiger partial charge in [-0.3, -0.25) is 4.79 Å². The number of hydrogen-bond acceptors (Lipinski definition) is 2. The lowest BCUT2D eigenvalue weighted by atomic mass is 9.75. The minimum atomic E-state index is -0.0544. The van der Waals surface area contributed by atoms with Gasteiger partial charge in [-0.1, -0.05) is 13.8 Å². The maximum Gasteiger partial charge on any atom is 0.238 e. The van der Waals surface area contributed by atoms with Gasteiger partial charge < -0.3 is 10.2 Å². The van der Waals surface area contributed by atoms with Crippen LogP contribution in [0, 0.1) is 5.41 Å². The molecule has 94 valence electrons. The lowest BCUT2D eigenvalue weighted by Crippen LogP contribution is -2.47. The third-order valence-corrected chi connectivity index (χ3v) is 3.64. The zero-order valence-electron chi connectivity index (χ0n) is 11.3. The molecular weight excluding hydrogens is 200 g/mol. The number of rotatable bonds is 3. The van der Waals surface area contributed by atoms with E-state index in [2.05, 4.69) is 19.2 Å². The van der Waals surface area contributed by atoms with E-state index in [0.29, 0.717) is 11.5 Å². The highest BCUT2D eigenvalue weighted by atomic mass is 16.2. The molecule has 0 radical (unpaired) electrons. The van der Waals surface area contributed by atoms with Crippen molar-refractivity contribution in [3.8, 4) is 0 Å². The molecule has 1 aliphatic rings. The van der Waals surface area contributed by atoms with E-state index < -0.39 is 0 Å². The summed E-state index contributed by atoms with van der Waals surface area (Å²) in [7, 11) is 3.62. The maximum absolute atomic E-state index is 11.7. The second-order valence-corrected chi connectivity index (χ2v) is 6.06. The van der Waals surface area contributed by atoms with E-state index in [0.717, 1.165) is 0 Å². The Morgan fingerprint density at radius 2 is 1.81 bits per heavy atom. The summed E-state index contributed by atoms with van der Waals surface area (Å²) in [6.45, 7) is 6.62. The van der Waals surface area contributed by atoms with Gasteiger partial charge in [0.05, 0.1) is 6.04 Å². The first-order chi connectivity index (χ1) is 7.32. The first-order valence-corrected chi connectivity index (χ1v) is 6.29. The second-order valence-electron chi connectivity index (χ2n) is 6.06. The SMILES string of the molecule is C[C@@H](NC1CCC(C)(C)CC1)C(=O)N(C)C. The summed E-state index contributed by atoms with van der Waals surface area (Å²) in [5.74, 6) is 0.171. The van der Waals surface area contributed by atoms with Gasteiger partial charge in [-0.2, -0.15) is 0 Å². The summed E-state index contributed by atoms with van der Waals surface area (Å²) in [5.41, 5.74) is 0.493. The summed E-state index contributed by atoms with van der Waals surface area (Å²) >= 11 is 0.